The van der Waals surface area contributed by atoms with E-state index in [0.717, 1.165) is 6.20 Å². The van der Waals surface area contributed by atoms with Crippen LogP contribution in [0.1, 0.15) is 16.1 Å². The molecule has 0 aliphatic carbocycles. The highest BCUT2D eigenvalue weighted by Gasteiger charge is 2.14. The first kappa shape index (κ1) is 11.4. The number of hydrogen-bond acceptors (Lipinski definition) is 3. The molecular weight excluding hydrogens is 200 g/mol. The Kier molecular flexibility index (Phi) is 3.93. The molecule has 1 aromatic heterocycles. The SMILES string of the molecule is Cl.O=C(O)Cc1[nH]ncc1C(=O)O. The average Bonchev–Trinajstić information content (AvgIpc) is 2.33. The highest BCUT2D eigenvalue weighted by atomic mass is 35.5. The lowest BCUT2D eigenvalue weighted by molar-refractivity contribution is -0.136. The summed E-state index contributed by atoms with van der Waals surface area (Å²) in [4.78, 5) is 20.6. The van der Waals surface area contributed by atoms with E-state index in [1.165, 1.54) is 0 Å². The van der Waals surface area contributed by atoms with E-state index in [4.69, 9.17) is 10.2 Å². The number of nitrogens with one attached hydrogen (secondary N) is 1. The van der Waals surface area contributed by atoms with Crippen LogP contribution in [0.4, 0.5) is 0 Å². The molecule has 0 unspecified atom stereocenters. The lowest BCUT2D eigenvalue weighted by Crippen LogP contribution is -2.06. The Balaban J connectivity index is 0.00000144. The molecule has 13 heavy (non-hydrogen) atoms. The van der Waals surface area contributed by atoms with Crippen molar-refractivity contribution in [3.05, 3.63) is 17.5 Å². The monoisotopic (exact) mass is 206 g/mol. The van der Waals surface area contributed by atoms with E-state index < -0.39 is 11.9 Å². The van der Waals surface area contributed by atoms with Crippen LogP contribution < -0.4 is 0 Å². The fourth-order valence-electron chi connectivity index (χ4n) is 0.783. The van der Waals surface area contributed by atoms with Crippen LogP contribution in [0.5, 0.6) is 0 Å². The van der Waals surface area contributed by atoms with E-state index in [1.807, 2.05) is 0 Å². The summed E-state index contributed by atoms with van der Waals surface area (Å²) >= 11 is 0. The summed E-state index contributed by atoms with van der Waals surface area (Å²) in [5.74, 6) is -2.28. The van der Waals surface area contributed by atoms with Crippen LogP contribution in [-0.4, -0.2) is 32.3 Å². The van der Waals surface area contributed by atoms with Crippen molar-refractivity contribution < 1.29 is 19.8 Å². The molecule has 7 heteroatoms. The lowest BCUT2D eigenvalue weighted by Gasteiger charge is -1.92. The highest BCUT2D eigenvalue weighted by Crippen LogP contribution is 2.04. The van der Waals surface area contributed by atoms with E-state index in [2.05, 4.69) is 10.2 Å². The molecule has 1 rings (SSSR count). The molecule has 0 fully saturated rings. The van der Waals surface area contributed by atoms with E-state index in [0.29, 0.717) is 0 Å². The maximum absolute atomic E-state index is 10.4. The minimum absolute atomic E-state index is 0. The molecule has 3 N–H and O–H groups in total. The predicted octanol–water partition coefficient (Wildman–Crippen LogP) is 0.157. The predicted molar refractivity (Wildman–Crippen MR) is 44.1 cm³/mol. The van der Waals surface area contributed by atoms with Crippen LogP contribution in [0.15, 0.2) is 6.20 Å². The van der Waals surface area contributed by atoms with Crippen molar-refractivity contribution in [1.82, 2.24) is 10.2 Å². The van der Waals surface area contributed by atoms with Gasteiger partial charge >= 0.3 is 11.9 Å². The average molecular weight is 207 g/mol. The summed E-state index contributed by atoms with van der Waals surface area (Å²) in [5.41, 5.74) is 0.00685. The second-order valence-corrected chi connectivity index (χ2v) is 2.14. The Morgan fingerprint density at radius 1 is 1.46 bits per heavy atom. The smallest absolute Gasteiger partial charge is 0.339 e. The van der Waals surface area contributed by atoms with Crippen LogP contribution in [0.2, 0.25) is 0 Å². The van der Waals surface area contributed by atoms with Crippen molar-refractivity contribution in [2.75, 3.05) is 0 Å². The van der Waals surface area contributed by atoms with Gasteiger partial charge in [-0.15, -0.1) is 12.4 Å². The molecule has 72 valence electrons. The number of carbonyl (C=O) groups is 2. The van der Waals surface area contributed by atoms with E-state index in [-0.39, 0.29) is 30.1 Å². The van der Waals surface area contributed by atoms with Crippen molar-refractivity contribution in [3.8, 4) is 0 Å². The molecule has 0 aliphatic rings. The Morgan fingerprint density at radius 2 is 2.08 bits per heavy atom. The summed E-state index contributed by atoms with van der Waals surface area (Å²) in [7, 11) is 0. The van der Waals surface area contributed by atoms with Gasteiger partial charge in [0, 0.05) is 0 Å². The number of aromatic nitrogens is 2. The third-order valence-corrected chi connectivity index (χ3v) is 1.28. The number of H-pyrrole nitrogens is 1. The Bertz CT molecular complexity index is 322. The molecule has 0 spiro atoms. The maximum atomic E-state index is 10.4. The summed E-state index contributed by atoms with van der Waals surface area (Å²) in [5, 5.41) is 22.6. The number of carboxylic acid groups (broad SMARTS) is 2. The number of nitrogens with zero attached hydrogens (tertiary/aromatic N) is 1. The van der Waals surface area contributed by atoms with Crippen molar-refractivity contribution >= 4 is 24.3 Å². The number of aromatic carboxylic acids is 1. The van der Waals surface area contributed by atoms with Gasteiger partial charge in [0.05, 0.1) is 18.3 Å². The molecule has 0 saturated heterocycles. The zero-order chi connectivity index (χ0) is 9.14. The van der Waals surface area contributed by atoms with Gasteiger partial charge < -0.3 is 10.2 Å². The van der Waals surface area contributed by atoms with Gasteiger partial charge in [-0.2, -0.15) is 5.10 Å². The van der Waals surface area contributed by atoms with Crippen LogP contribution in [0, 0.1) is 0 Å². The first-order valence-electron chi connectivity index (χ1n) is 3.08. The molecule has 1 heterocycles. The van der Waals surface area contributed by atoms with Gasteiger partial charge in [0.1, 0.15) is 5.56 Å². The highest BCUT2D eigenvalue weighted by molar-refractivity contribution is 5.89. The molecular formula is C6H7ClN2O4. The third kappa shape index (κ3) is 2.75. The number of carboxylic acids is 2. The Labute approximate surface area is 79.0 Å². The molecule has 1 aromatic rings. The molecule has 0 aliphatic heterocycles. The fraction of sp³-hybridized carbons (Fsp3) is 0.167. The van der Waals surface area contributed by atoms with Gasteiger partial charge in [-0.25, -0.2) is 4.79 Å². The summed E-state index contributed by atoms with van der Waals surface area (Å²) in [6.07, 6.45) is 0.724. The van der Waals surface area contributed by atoms with Crippen molar-refractivity contribution in [2.45, 2.75) is 6.42 Å². The number of halogens is 1. The minimum Gasteiger partial charge on any atom is -0.481 e. The van der Waals surface area contributed by atoms with Gasteiger partial charge in [0.15, 0.2) is 0 Å². The van der Waals surface area contributed by atoms with Gasteiger partial charge in [-0.05, 0) is 0 Å². The molecule has 0 radical (unpaired) electrons. The molecule has 0 aromatic carbocycles. The van der Waals surface area contributed by atoms with E-state index >= 15 is 0 Å². The summed E-state index contributed by atoms with van der Waals surface area (Å²) in [6.45, 7) is 0. The molecule has 0 atom stereocenters. The zero-order valence-electron chi connectivity index (χ0n) is 6.35. The van der Waals surface area contributed by atoms with E-state index in [1.54, 1.807) is 0 Å². The molecule has 0 bridgehead atoms. The minimum atomic E-state index is -1.18. The van der Waals surface area contributed by atoms with Gasteiger partial charge in [0.2, 0.25) is 0 Å². The van der Waals surface area contributed by atoms with Crippen molar-refractivity contribution in [3.63, 3.8) is 0 Å². The zero-order valence-corrected chi connectivity index (χ0v) is 7.17. The van der Waals surface area contributed by atoms with Crippen LogP contribution in [-0.2, 0) is 11.2 Å². The van der Waals surface area contributed by atoms with Gasteiger partial charge in [-0.1, -0.05) is 0 Å². The first-order chi connectivity index (χ1) is 5.61. The number of aromatic amines is 1. The lowest BCUT2D eigenvalue weighted by atomic mass is 10.2. The van der Waals surface area contributed by atoms with Crippen molar-refractivity contribution in [1.29, 1.82) is 0 Å². The Morgan fingerprint density at radius 3 is 2.54 bits per heavy atom. The second-order valence-electron chi connectivity index (χ2n) is 2.14. The quantitative estimate of drug-likeness (QED) is 0.654. The van der Waals surface area contributed by atoms with E-state index in [9.17, 15) is 9.59 Å². The standard InChI is InChI=1S/C6H6N2O4.ClH/c9-5(10)1-4-3(6(11)12)2-7-8-4;/h2H,1H2,(H,7,8)(H,9,10)(H,11,12);1H. The van der Waals surface area contributed by atoms with Gasteiger partial charge in [-0.3, -0.25) is 9.89 Å². The number of aliphatic carboxylic acids is 1. The first-order valence-corrected chi connectivity index (χ1v) is 3.08. The van der Waals surface area contributed by atoms with Crippen LogP contribution in [0.3, 0.4) is 0 Å². The van der Waals surface area contributed by atoms with Crippen molar-refractivity contribution in [2.24, 2.45) is 0 Å². The second kappa shape index (κ2) is 4.46. The Hall–Kier alpha value is -1.56. The summed E-state index contributed by atoms with van der Waals surface area (Å²) in [6, 6.07) is 0. The third-order valence-electron chi connectivity index (χ3n) is 1.28. The number of rotatable bonds is 3. The molecule has 0 saturated carbocycles. The van der Waals surface area contributed by atoms with Crippen LogP contribution >= 0.6 is 12.4 Å². The topological polar surface area (TPSA) is 103 Å². The summed E-state index contributed by atoms with van der Waals surface area (Å²) < 4.78 is 0. The largest absolute Gasteiger partial charge is 0.481 e. The number of hydrogen-bond donors (Lipinski definition) is 3. The molecule has 6 nitrogen and oxygen atoms in total. The maximum Gasteiger partial charge on any atom is 0.339 e. The van der Waals surface area contributed by atoms with Crippen LogP contribution in [0.25, 0.3) is 0 Å². The molecule has 0 amide bonds. The normalized spacial score (nSPS) is 8.92. The fourth-order valence-corrected chi connectivity index (χ4v) is 0.783. The van der Waals surface area contributed by atoms with Gasteiger partial charge in [0.25, 0.3) is 0 Å².